The molecule has 2 aliphatic carbocycles. The predicted molar refractivity (Wildman–Crippen MR) is 150 cm³/mol. The molecule has 0 spiro atoms. The van der Waals surface area contributed by atoms with Crippen molar-refractivity contribution in [1.82, 2.24) is 0 Å². The summed E-state index contributed by atoms with van der Waals surface area (Å²) in [6.07, 6.45) is 3.33. The van der Waals surface area contributed by atoms with E-state index in [4.69, 9.17) is 9.47 Å². The Labute approximate surface area is 225 Å². The summed E-state index contributed by atoms with van der Waals surface area (Å²) >= 11 is 0. The molecule has 3 aromatic rings. The van der Waals surface area contributed by atoms with Gasteiger partial charge in [0.2, 0.25) is 0 Å². The van der Waals surface area contributed by atoms with E-state index >= 15 is 0 Å². The highest BCUT2D eigenvalue weighted by Crippen LogP contribution is 2.60. The van der Waals surface area contributed by atoms with Gasteiger partial charge in [-0.05, 0) is 84.5 Å². The Kier molecular flexibility index (Phi) is 7.00. The van der Waals surface area contributed by atoms with Gasteiger partial charge in [0.25, 0.3) is 0 Å². The van der Waals surface area contributed by atoms with Gasteiger partial charge in [0.1, 0.15) is 6.10 Å². The topological polar surface area (TPSA) is 52.6 Å². The number of esters is 2. The Morgan fingerprint density at radius 1 is 0.868 bits per heavy atom. The first kappa shape index (κ1) is 26.0. The van der Waals surface area contributed by atoms with Crippen LogP contribution in [0.4, 0.5) is 0 Å². The van der Waals surface area contributed by atoms with E-state index in [1.165, 1.54) is 5.56 Å². The molecule has 1 saturated carbocycles. The van der Waals surface area contributed by atoms with Crippen LogP contribution in [0, 0.1) is 11.3 Å². The fourth-order valence-electron chi connectivity index (χ4n) is 6.74. The van der Waals surface area contributed by atoms with Gasteiger partial charge in [-0.3, -0.25) is 0 Å². The minimum Gasteiger partial charge on any atom is -0.462 e. The van der Waals surface area contributed by atoms with Crippen LogP contribution in [0.15, 0.2) is 85.4 Å². The summed E-state index contributed by atoms with van der Waals surface area (Å²) in [6, 6.07) is 24.8. The van der Waals surface area contributed by atoms with Crippen LogP contribution in [0.3, 0.4) is 0 Å². The Bertz CT molecular complexity index is 1350. The lowest BCUT2D eigenvalue weighted by molar-refractivity contribution is -0.0597. The van der Waals surface area contributed by atoms with Crippen molar-refractivity contribution in [3.05, 3.63) is 113 Å². The van der Waals surface area contributed by atoms with E-state index in [0.717, 1.165) is 36.0 Å². The number of rotatable bonds is 6. The van der Waals surface area contributed by atoms with E-state index in [1.807, 2.05) is 43.3 Å². The lowest BCUT2D eigenvalue weighted by atomic mass is 9.49. The minimum absolute atomic E-state index is 0.120. The molecule has 4 nitrogen and oxygen atoms in total. The summed E-state index contributed by atoms with van der Waals surface area (Å²) in [7, 11) is 0. The average Bonchev–Trinajstić information content (AvgIpc) is 2.93. The third kappa shape index (κ3) is 4.80. The van der Waals surface area contributed by atoms with Gasteiger partial charge in [0.05, 0.1) is 17.7 Å². The van der Waals surface area contributed by atoms with Crippen LogP contribution < -0.4 is 0 Å². The minimum atomic E-state index is -0.391. The highest BCUT2D eigenvalue weighted by Gasteiger charge is 2.55. The first-order valence-electron chi connectivity index (χ1n) is 13.5. The zero-order chi connectivity index (χ0) is 26.9. The van der Waals surface area contributed by atoms with Crippen molar-refractivity contribution in [2.75, 3.05) is 6.61 Å². The first-order chi connectivity index (χ1) is 18.2. The fourth-order valence-corrected chi connectivity index (χ4v) is 6.74. The van der Waals surface area contributed by atoms with Crippen LogP contribution >= 0.6 is 0 Å². The normalized spacial score (nSPS) is 26.0. The second-order valence-corrected chi connectivity index (χ2v) is 11.5. The molecule has 0 radical (unpaired) electrons. The average molecular weight is 509 g/mol. The number of carbonyl (C=O) groups is 2. The molecule has 0 N–H and O–H groups in total. The molecule has 1 fully saturated rings. The van der Waals surface area contributed by atoms with Gasteiger partial charge in [0.15, 0.2) is 0 Å². The van der Waals surface area contributed by atoms with Gasteiger partial charge in [-0.1, -0.05) is 81.0 Å². The summed E-state index contributed by atoms with van der Waals surface area (Å²) in [4.78, 5) is 26.0. The van der Waals surface area contributed by atoms with E-state index in [2.05, 4.69) is 38.6 Å². The van der Waals surface area contributed by atoms with Crippen molar-refractivity contribution in [2.45, 2.75) is 58.0 Å². The second-order valence-electron chi connectivity index (χ2n) is 11.5. The first-order valence-corrected chi connectivity index (χ1v) is 13.5. The van der Waals surface area contributed by atoms with Crippen molar-refractivity contribution < 1.29 is 19.1 Å². The van der Waals surface area contributed by atoms with Gasteiger partial charge >= 0.3 is 11.9 Å². The van der Waals surface area contributed by atoms with Crippen molar-refractivity contribution in [3.63, 3.8) is 0 Å². The molecule has 4 heteroatoms. The molecular weight excluding hydrogens is 472 g/mol. The van der Waals surface area contributed by atoms with Gasteiger partial charge in [-0.2, -0.15) is 0 Å². The molecular formula is C34H36O4. The van der Waals surface area contributed by atoms with Crippen molar-refractivity contribution in [2.24, 2.45) is 11.3 Å². The van der Waals surface area contributed by atoms with E-state index in [0.29, 0.717) is 24.2 Å². The van der Waals surface area contributed by atoms with Gasteiger partial charge < -0.3 is 9.47 Å². The SMILES string of the molecule is C=C(C)c1ccc2c(c1)[C@H](OC(=O)c1ccccc1)C[C@H]1[C@](C)(COC(=O)c3ccccc3)CCC[C@]21C. The van der Waals surface area contributed by atoms with Gasteiger partial charge in [0, 0.05) is 5.41 Å². The number of benzene rings is 3. The Morgan fingerprint density at radius 2 is 1.50 bits per heavy atom. The summed E-state index contributed by atoms with van der Waals surface area (Å²) in [5, 5.41) is 0. The highest BCUT2D eigenvalue weighted by molar-refractivity contribution is 5.90. The molecule has 4 atom stereocenters. The maximum Gasteiger partial charge on any atom is 0.338 e. The quantitative estimate of drug-likeness (QED) is 0.317. The monoisotopic (exact) mass is 508 g/mol. The van der Waals surface area contributed by atoms with Gasteiger partial charge in [-0.25, -0.2) is 9.59 Å². The van der Waals surface area contributed by atoms with Crippen LogP contribution in [0.2, 0.25) is 0 Å². The summed E-state index contributed by atoms with van der Waals surface area (Å²) in [6.45, 7) is 11.0. The zero-order valence-electron chi connectivity index (χ0n) is 22.5. The van der Waals surface area contributed by atoms with E-state index in [-0.39, 0.29) is 28.7 Å². The van der Waals surface area contributed by atoms with Crippen molar-refractivity contribution in [1.29, 1.82) is 0 Å². The summed E-state index contributed by atoms with van der Waals surface area (Å²) < 4.78 is 12.2. The van der Waals surface area contributed by atoms with E-state index in [9.17, 15) is 9.59 Å². The molecule has 196 valence electrons. The lowest BCUT2D eigenvalue weighted by Crippen LogP contribution is -2.52. The number of hydrogen-bond acceptors (Lipinski definition) is 4. The Morgan fingerprint density at radius 3 is 2.13 bits per heavy atom. The molecule has 0 unspecified atom stereocenters. The number of hydrogen-bond donors (Lipinski definition) is 0. The number of fused-ring (bicyclic) bond motifs is 3. The van der Waals surface area contributed by atoms with E-state index in [1.54, 1.807) is 24.3 Å². The summed E-state index contributed by atoms with van der Waals surface area (Å²) in [5.74, 6) is -0.448. The maximum atomic E-state index is 13.2. The molecule has 38 heavy (non-hydrogen) atoms. The molecule has 0 saturated heterocycles. The molecule has 0 bridgehead atoms. The molecule has 2 aliphatic rings. The molecule has 0 aliphatic heterocycles. The Balaban J connectivity index is 1.49. The predicted octanol–water partition coefficient (Wildman–Crippen LogP) is 7.94. The fraction of sp³-hybridized carbons (Fsp3) is 0.353. The molecule has 0 aromatic heterocycles. The third-order valence-electron chi connectivity index (χ3n) is 8.81. The number of ether oxygens (including phenoxy) is 2. The van der Waals surface area contributed by atoms with Crippen LogP contribution in [0.5, 0.6) is 0 Å². The van der Waals surface area contributed by atoms with Crippen LogP contribution in [-0.4, -0.2) is 18.5 Å². The van der Waals surface area contributed by atoms with E-state index < -0.39 is 6.10 Å². The highest BCUT2D eigenvalue weighted by atomic mass is 16.5. The second kappa shape index (κ2) is 10.2. The van der Waals surface area contributed by atoms with Gasteiger partial charge in [-0.15, -0.1) is 0 Å². The van der Waals surface area contributed by atoms with Crippen molar-refractivity contribution in [3.8, 4) is 0 Å². The Hall–Kier alpha value is -3.66. The maximum absolute atomic E-state index is 13.2. The largest absolute Gasteiger partial charge is 0.462 e. The lowest BCUT2D eigenvalue weighted by Gasteiger charge is -2.56. The zero-order valence-corrected chi connectivity index (χ0v) is 22.5. The smallest absolute Gasteiger partial charge is 0.338 e. The molecule has 0 amide bonds. The number of carbonyl (C=O) groups excluding carboxylic acids is 2. The summed E-state index contributed by atoms with van der Waals surface area (Å²) in [5.41, 5.74) is 5.07. The van der Waals surface area contributed by atoms with Crippen LogP contribution in [-0.2, 0) is 14.9 Å². The molecule has 3 aromatic carbocycles. The molecule has 5 rings (SSSR count). The molecule has 0 heterocycles. The van der Waals surface area contributed by atoms with Crippen molar-refractivity contribution >= 4 is 17.5 Å². The van der Waals surface area contributed by atoms with Crippen LogP contribution in [0.1, 0.15) is 90.0 Å². The third-order valence-corrected chi connectivity index (χ3v) is 8.81. The van der Waals surface area contributed by atoms with Crippen LogP contribution in [0.25, 0.3) is 5.57 Å². The standard InChI is InChI=1S/C34H36O4/c1-23(2)26-16-17-28-27(20-26)29(38-32(36)25-14-9-6-10-15-25)21-30-33(3,18-11-19-34(28,30)4)22-37-31(35)24-12-7-5-8-13-24/h5-10,12-17,20,29-30H,1,11,18-19,21-22H2,2-4H3/t29-,30+,33+,34-/m1/s1. The number of allylic oxidation sites excluding steroid dienone is 1.